The van der Waals surface area contributed by atoms with E-state index >= 15 is 0 Å². The Morgan fingerprint density at radius 3 is 1.56 bits per heavy atom. The number of hydrogen-bond acceptors (Lipinski definition) is 3. The maximum absolute atomic E-state index is 11.4. The molecular formula is C13H18O3. The molecule has 2 atom stereocenters. The Morgan fingerprint density at radius 2 is 1.25 bits per heavy atom. The minimum atomic E-state index is -1.28. The van der Waals surface area contributed by atoms with Gasteiger partial charge in [0, 0.05) is 0 Å². The largest absolute Gasteiger partial charge is 0.381 e. The summed E-state index contributed by atoms with van der Waals surface area (Å²) in [5.74, 6) is -0.637. The third-order valence-electron chi connectivity index (χ3n) is 1.78. The van der Waals surface area contributed by atoms with Crippen LogP contribution in [0.15, 0.2) is 48.6 Å². The molecule has 0 aliphatic heterocycles. The lowest BCUT2D eigenvalue weighted by Gasteiger charge is -2.07. The third-order valence-corrected chi connectivity index (χ3v) is 1.78. The smallest absolute Gasteiger partial charge is 0.197 e. The molecule has 2 N–H and O–H groups in total. The van der Waals surface area contributed by atoms with Crippen LogP contribution in [0.2, 0.25) is 0 Å². The van der Waals surface area contributed by atoms with Crippen LogP contribution in [0.25, 0.3) is 0 Å². The number of allylic oxidation sites excluding steroid dienone is 6. The van der Waals surface area contributed by atoms with E-state index in [0.717, 1.165) is 0 Å². The predicted octanol–water partition coefficient (Wildman–Crippen LogP) is 1.54. The van der Waals surface area contributed by atoms with Crippen molar-refractivity contribution in [2.75, 3.05) is 0 Å². The van der Waals surface area contributed by atoms with Gasteiger partial charge in [0.15, 0.2) is 5.78 Å². The van der Waals surface area contributed by atoms with Crippen LogP contribution in [-0.4, -0.2) is 28.2 Å². The normalized spacial score (nSPS) is 16.8. The first-order valence-corrected chi connectivity index (χ1v) is 5.12. The lowest BCUT2D eigenvalue weighted by molar-refractivity contribution is -0.131. The Bertz CT molecular complexity index is 281. The minimum Gasteiger partial charge on any atom is -0.381 e. The van der Waals surface area contributed by atoms with Crippen molar-refractivity contribution in [1.82, 2.24) is 0 Å². The standard InChI is InChI=1S/C13H18O3/c1-3-5-7-9-11(14)13(16)12(15)10-8-6-4-2/h3-12,14-15H,1-2H3/b5-3+,6-4+,9-7+,10-8+. The van der Waals surface area contributed by atoms with Gasteiger partial charge in [-0.25, -0.2) is 0 Å². The van der Waals surface area contributed by atoms with Gasteiger partial charge in [0.25, 0.3) is 0 Å². The first kappa shape index (κ1) is 14.6. The van der Waals surface area contributed by atoms with E-state index < -0.39 is 18.0 Å². The summed E-state index contributed by atoms with van der Waals surface area (Å²) >= 11 is 0. The summed E-state index contributed by atoms with van der Waals surface area (Å²) < 4.78 is 0. The molecule has 0 radical (unpaired) electrons. The van der Waals surface area contributed by atoms with Gasteiger partial charge in [-0.1, -0.05) is 36.5 Å². The molecule has 0 aliphatic carbocycles. The number of carbonyl (C=O) groups is 1. The highest BCUT2D eigenvalue weighted by Gasteiger charge is 2.18. The van der Waals surface area contributed by atoms with Gasteiger partial charge < -0.3 is 10.2 Å². The molecule has 0 aliphatic rings. The molecule has 88 valence electrons. The van der Waals surface area contributed by atoms with Crippen molar-refractivity contribution in [3.8, 4) is 0 Å². The molecule has 0 amide bonds. The molecular weight excluding hydrogens is 204 g/mol. The average Bonchev–Trinajstić information content (AvgIpc) is 2.28. The van der Waals surface area contributed by atoms with Crippen LogP contribution in [0.5, 0.6) is 0 Å². The van der Waals surface area contributed by atoms with Gasteiger partial charge in [-0.15, -0.1) is 0 Å². The van der Waals surface area contributed by atoms with Crippen LogP contribution < -0.4 is 0 Å². The molecule has 3 nitrogen and oxygen atoms in total. The minimum absolute atomic E-state index is 0.637. The Morgan fingerprint density at radius 1 is 0.875 bits per heavy atom. The number of hydrogen-bond donors (Lipinski definition) is 2. The fourth-order valence-corrected chi connectivity index (χ4v) is 0.926. The molecule has 0 spiro atoms. The second-order valence-electron chi connectivity index (χ2n) is 3.11. The molecule has 0 rings (SSSR count). The monoisotopic (exact) mass is 222 g/mol. The average molecular weight is 222 g/mol. The second kappa shape index (κ2) is 8.83. The highest BCUT2D eigenvalue weighted by Crippen LogP contribution is 1.98. The Balaban J connectivity index is 4.31. The van der Waals surface area contributed by atoms with Crippen molar-refractivity contribution in [3.05, 3.63) is 48.6 Å². The number of aliphatic hydroxyl groups is 2. The highest BCUT2D eigenvalue weighted by atomic mass is 16.3. The SMILES string of the molecule is C/C=C/C=C/C(O)C(=O)C(O)/C=C/C=C/C. The predicted molar refractivity (Wildman–Crippen MR) is 64.9 cm³/mol. The molecule has 0 fully saturated rings. The van der Waals surface area contributed by atoms with Gasteiger partial charge in [-0.05, 0) is 26.0 Å². The fraction of sp³-hybridized carbons (Fsp3) is 0.308. The van der Waals surface area contributed by atoms with Crippen LogP contribution >= 0.6 is 0 Å². The van der Waals surface area contributed by atoms with E-state index in [4.69, 9.17) is 0 Å². The van der Waals surface area contributed by atoms with Crippen molar-refractivity contribution >= 4 is 5.78 Å². The van der Waals surface area contributed by atoms with Gasteiger partial charge in [0.05, 0.1) is 0 Å². The van der Waals surface area contributed by atoms with E-state index in [2.05, 4.69) is 0 Å². The zero-order valence-corrected chi connectivity index (χ0v) is 9.58. The van der Waals surface area contributed by atoms with Crippen molar-refractivity contribution in [2.45, 2.75) is 26.1 Å². The zero-order chi connectivity index (χ0) is 12.4. The van der Waals surface area contributed by atoms with E-state index in [1.54, 1.807) is 36.5 Å². The van der Waals surface area contributed by atoms with Gasteiger partial charge in [0.2, 0.25) is 0 Å². The molecule has 0 aromatic carbocycles. The summed E-state index contributed by atoms with van der Waals surface area (Å²) in [6, 6.07) is 0. The molecule has 0 saturated carbocycles. The number of Topliss-reactive ketones (excluding diaryl/α,β-unsaturated/α-hetero) is 1. The lowest BCUT2D eigenvalue weighted by atomic mass is 10.1. The maximum atomic E-state index is 11.4. The molecule has 0 heterocycles. The molecule has 16 heavy (non-hydrogen) atoms. The second-order valence-corrected chi connectivity index (χ2v) is 3.11. The molecule has 0 aromatic heterocycles. The Labute approximate surface area is 96.1 Å². The molecule has 3 heteroatoms. The summed E-state index contributed by atoms with van der Waals surface area (Å²) in [6.07, 6.45) is 10.2. The molecule has 0 bridgehead atoms. The number of rotatable bonds is 6. The van der Waals surface area contributed by atoms with Crippen LogP contribution in [0, 0.1) is 0 Å². The van der Waals surface area contributed by atoms with E-state index in [9.17, 15) is 15.0 Å². The van der Waals surface area contributed by atoms with E-state index in [-0.39, 0.29) is 0 Å². The summed E-state index contributed by atoms with van der Waals surface area (Å²) in [5.41, 5.74) is 0. The van der Waals surface area contributed by atoms with E-state index in [1.165, 1.54) is 12.2 Å². The topological polar surface area (TPSA) is 57.5 Å². The first-order valence-electron chi connectivity index (χ1n) is 5.12. The quantitative estimate of drug-likeness (QED) is 0.670. The lowest BCUT2D eigenvalue weighted by Crippen LogP contribution is -2.29. The Kier molecular flexibility index (Phi) is 8.03. The summed E-state index contributed by atoms with van der Waals surface area (Å²) in [6.45, 7) is 3.65. The van der Waals surface area contributed by atoms with Crippen LogP contribution in [0.4, 0.5) is 0 Å². The highest BCUT2D eigenvalue weighted by molar-refractivity contribution is 5.90. The maximum Gasteiger partial charge on any atom is 0.197 e. The summed E-state index contributed by atoms with van der Waals surface area (Å²) in [7, 11) is 0. The Hall–Kier alpha value is -1.45. The zero-order valence-electron chi connectivity index (χ0n) is 9.58. The van der Waals surface area contributed by atoms with Crippen LogP contribution in [0.1, 0.15) is 13.8 Å². The van der Waals surface area contributed by atoms with Gasteiger partial charge in [-0.3, -0.25) is 4.79 Å². The van der Waals surface area contributed by atoms with E-state index in [0.29, 0.717) is 0 Å². The van der Waals surface area contributed by atoms with Crippen molar-refractivity contribution in [3.63, 3.8) is 0 Å². The number of carbonyl (C=O) groups excluding carboxylic acids is 1. The summed E-state index contributed by atoms with van der Waals surface area (Å²) in [5, 5.41) is 18.8. The molecule has 0 saturated heterocycles. The van der Waals surface area contributed by atoms with Crippen molar-refractivity contribution < 1.29 is 15.0 Å². The van der Waals surface area contributed by atoms with Crippen LogP contribution in [-0.2, 0) is 4.79 Å². The molecule has 0 aromatic rings. The van der Waals surface area contributed by atoms with Gasteiger partial charge >= 0.3 is 0 Å². The third kappa shape index (κ3) is 6.11. The van der Waals surface area contributed by atoms with E-state index in [1.807, 2.05) is 13.8 Å². The van der Waals surface area contributed by atoms with Gasteiger partial charge in [0.1, 0.15) is 12.2 Å². The number of aliphatic hydroxyl groups excluding tert-OH is 2. The van der Waals surface area contributed by atoms with Crippen molar-refractivity contribution in [2.24, 2.45) is 0 Å². The van der Waals surface area contributed by atoms with Crippen molar-refractivity contribution in [1.29, 1.82) is 0 Å². The molecule has 2 unspecified atom stereocenters. The first-order chi connectivity index (χ1) is 7.63. The van der Waals surface area contributed by atoms with Crippen LogP contribution in [0.3, 0.4) is 0 Å². The number of ketones is 1. The van der Waals surface area contributed by atoms with Gasteiger partial charge in [-0.2, -0.15) is 0 Å². The fourth-order valence-electron chi connectivity index (χ4n) is 0.926. The summed E-state index contributed by atoms with van der Waals surface area (Å²) in [4.78, 5) is 11.4.